The van der Waals surface area contributed by atoms with Crippen LogP contribution in [0.25, 0.3) is 11.1 Å². The largest absolute Gasteiger partial charge is 0.280 e. The van der Waals surface area contributed by atoms with Gasteiger partial charge in [0.15, 0.2) is 0 Å². The minimum atomic E-state index is 0.0594. The van der Waals surface area contributed by atoms with E-state index in [0.717, 1.165) is 0 Å². The van der Waals surface area contributed by atoms with Crippen LogP contribution < -0.4 is 0 Å². The Morgan fingerprint density at radius 3 is 2.32 bits per heavy atom. The van der Waals surface area contributed by atoms with Gasteiger partial charge in [-0.1, -0.05) is 72.8 Å². The Labute approximate surface area is 131 Å². The molecule has 1 atom stereocenters. The molecule has 1 heteroatoms. The van der Waals surface area contributed by atoms with Gasteiger partial charge in [0.05, 0.1) is 0 Å². The van der Waals surface area contributed by atoms with Crippen molar-refractivity contribution in [1.82, 2.24) is 0 Å². The van der Waals surface area contributed by atoms with E-state index in [1.807, 2.05) is 6.21 Å². The molecule has 0 N–H and O–H groups in total. The van der Waals surface area contributed by atoms with Crippen LogP contribution in [0.3, 0.4) is 0 Å². The zero-order valence-electron chi connectivity index (χ0n) is 12.5. The lowest BCUT2D eigenvalue weighted by Crippen LogP contribution is -1.98. The van der Waals surface area contributed by atoms with Gasteiger partial charge in [-0.05, 0) is 34.7 Å². The molecule has 0 unspecified atom stereocenters. The summed E-state index contributed by atoms with van der Waals surface area (Å²) >= 11 is 0. The van der Waals surface area contributed by atoms with E-state index in [0.29, 0.717) is 0 Å². The third-order valence-corrected chi connectivity index (χ3v) is 4.34. The summed E-state index contributed by atoms with van der Waals surface area (Å²) in [5.74, 6) is 0. The number of hydrogen-bond acceptors (Lipinski definition) is 1. The molecular weight excluding hydrogens is 266 g/mol. The average Bonchev–Trinajstić information content (AvgIpc) is 2.74. The Balaban J connectivity index is 2.00. The van der Waals surface area contributed by atoms with Crippen LogP contribution in [-0.4, -0.2) is 6.21 Å². The van der Waals surface area contributed by atoms with Crippen LogP contribution in [-0.2, 0) is 0 Å². The highest BCUT2D eigenvalue weighted by Gasteiger charge is 2.21. The first-order valence-corrected chi connectivity index (χ1v) is 7.61. The minimum absolute atomic E-state index is 0.0594. The molecule has 1 aliphatic heterocycles. The number of fused-ring (bicyclic) bond motifs is 3. The molecule has 0 bridgehead atoms. The fourth-order valence-corrected chi connectivity index (χ4v) is 3.20. The average molecular weight is 283 g/mol. The predicted octanol–water partition coefficient (Wildman–Crippen LogP) is 5.18. The Morgan fingerprint density at radius 1 is 0.727 bits per heavy atom. The summed E-state index contributed by atoms with van der Waals surface area (Å²) in [5.41, 5.74) is 7.56. The summed E-state index contributed by atoms with van der Waals surface area (Å²) < 4.78 is 0. The maximum atomic E-state index is 4.91. The first kappa shape index (κ1) is 13.0. The lowest BCUT2D eigenvalue weighted by atomic mass is 9.90. The summed E-state index contributed by atoms with van der Waals surface area (Å²) in [5, 5.41) is 0. The number of aryl methyl sites for hydroxylation is 1. The van der Waals surface area contributed by atoms with Crippen molar-refractivity contribution in [2.45, 2.75) is 13.0 Å². The Kier molecular flexibility index (Phi) is 3.12. The van der Waals surface area contributed by atoms with Crippen LogP contribution in [0.15, 0.2) is 77.8 Å². The van der Waals surface area contributed by atoms with Gasteiger partial charge in [0.25, 0.3) is 0 Å². The fraction of sp³-hybridized carbons (Fsp3) is 0.0952. The van der Waals surface area contributed by atoms with E-state index in [9.17, 15) is 0 Å². The van der Waals surface area contributed by atoms with E-state index in [4.69, 9.17) is 4.99 Å². The second kappa shape index (κ2) is 5.27. The van der Waals surface area contributed by atoms with Crippen molar-refractivity contribution < 1.29 is 0 Å². The molecule has 0 radical (unpaired) electrons. The van der Waals surface area contributed by atoms with E-state index in [2.05, 4.69) is 79.7 Å². The molecular formula is C21H17N. The maximum absolute atomic E-state index is 4.91. The first-order chi connectivity index (χ1) is 10.8. The molecule has 0 fully saturated rings. The highest BCUT2D eigenvalue weighted by atomic mass is 14.8. The molecule has 4 rings (SSSR count). The van der Waals surface area contributed by atoms with Gasteiger partial charge in [-0.3, -0.25) is 4.99 Å². The quantitative estimate of drug-likeness (QED) is 0.583. The monoisotopic (exact) mass is 283 g/mol. The second-order valence-corrected chi connectivity index (χ2v) is 5.71. The summed E-state index contributed by atoms with van der Waals surface area (Å²) in [6.07, 6.45) is 2.04. The molecule has 22 heavy (non-hydrogen) atoms. The molecule has 106 valence electrons. The lowest BCUT2D eigenvalue weighted by Gasteiger charge is -2.16. The molecule has 0 saturated carbocycles. The van der Waals surface area contributed by atoms with Crippen molar-refractivity contribution in [3.05, 3.63) is 95.1 Å². The van der Waals surface area contributed by atoms with Crippen molar-refractivity contribution in [1.29, 1.82) is 0 Å². The summed E-state index contributed by atoms with van der Waals surface area (Å²) in [6.45, 7) is 2.15. The van der Waals surface area contributed by atoms with Gasteiger partial charge >= 0.3 is 0 Å². The van der Waals surface area contributed by atoms with Gasteiger partial charge in [-0.25, -0.2) is 0 Å². The molecule has 0 aliphatic carbocycles. The SMILES string of the molecule is Cc1cccc2c1C=N[C@H](c1ccccc1)c1ccccc1-2. The number of nitrogens with zero attached hydrogens (tertiary/aromatic N) is 1. The Hall–Kier alpha value is -2.67. The second-order valence-electron chi connectivity index (χ2n) is 5.71. The van der Waals surface area contributed by atoms with Gasteiger partial charge in [0, 0.05) is 11.8 Å². The van der Waals surface area contributed by atoms with E-state index < -0.39 is 0 Å². The Morgan fingerprint density at radius 2 is 1.45 bits per heavy atom. The number of rotatable bonds is 1. The third-order valence-electron chi connectivity index (χ3n) is 4.34. The molecule has 3 aromatic carbocycles. The predicted molar refractivity (Wildman–Crippen MR) is 92.5 cm³/mol. The van der Waals surface area contributed by atoms with Crippen molar-refractivity contribution in [2.75, 3.05) is 0 Å². The highest BCUT2D eigenvalue weighted by Crippen LogP contribution is 2.38. The minimum Gasteiger partial charge on any atom is -0.280 e. The molecule has 0 aromatic heterocycles. The Bertz CT molecular complexity index is 847. The summed E-state index contributed by atoms with van der Waals surface area (Å²) in [6, 6.07) is 25.7. The van der Waals surface area contributed by atoms with E-state index in [1.165, 1.54) is 33.4 Å². The number of hydrogen-bond donors (Lipinski definition) is 0. The zero-order valence-corrected chi connectivity index (χ0v) is 12.5. The maximum Gasteiger partial charge on any atom is 0.101 e. The smallest absolute Gasteiger partial charge is 0.101 e. The first-order valence-electron chi connectivity index (χ1n) is 7.61. The van der Waals surface area contributed by atoms with E-state index in [-0.39, 0.29) is 6.04 Å². The number of aliphatic imine (C=N–C) groups is 1. The van der Waals surface area contributed by atoms with Gasteiger partial charge in [0.2, 0.25) is 0 Å². The van der Waals surface area contributed by atoms with Crippen molar-refractivity contribution in [2.24, 2.45) is 4.99 Å². The molecule has 0 amide bonds. The highest BCUT2D eigenvalue weighted by molar-refractivity contribution is 5.94. The lowest BCUT2D eigenvalue weighted by molar-refractivity contribution is 0.884. The molecule has 0 saturated heterocycles. The molecule has 1 nitrogen and oxygen atoms in total. The molecule has 1 aliphatic rings. The third kappa shape index (κ3) is 2.06. The van der Waals surface area contributed by atoms with Crippen LogP contribution in [0.1, 0.15) is 28.3 Å². The topological polar surface area (TPSA) is 12.4 Å². The van der Waals surface area contributed by atoms with Gasteiger partial charge in [-0.15, -0.1) is 0 Å². The molecule has 3 aromatic rings. The fourth-order valence-electron chi connectivity index (χ4n) is 3.20. The summed E-state index contributed by atoms with van der Waals surface area (Å²) in [7, 11) is 0. The standard InChI is InChI=1S/C21H17N/c1-15-8-7-13-18-17-11-5-6-12-19(17)21(22-14-20(15)18)16-9-3-2-4-10-16/h2-14,21H,1H3/t21-/m1/s1. The van der Waals surface area contributed by atoms with Crippen LogP contribution in [0.5, 0.6) is 0 Å². The normalized spacial score (nSPS) is 15.8. The van der Waals surface area contributed by atoms with E-state index >= 15 is 0 Å². The van der Waals surface area contributed by atoms with Gasteiger partial charge in [0.1, 0.15) is 6.04 Å². The van der Waals surface area contributed by atoms with Gasteiger partial charge < -0.3 is 0 Å². The summed E-state index contributed by atoms with van der Waals surface area (Å²) in [4.78, 5) is 4.91. The van der Waals surface area contributed by atoms with Gasteiger partial charge in [-0.2, -0.15) is 0 Å². The van der Waals surface area contributed by atoms with Crippen LogP contribution >= 0.6 is 0 Å². The van der Waals surface area contributed by atoms with Crippen molar-refractivity contribution in [3.63, 3.8) is 0 Å². The van der Waals surface area contributed by atoms with Crippen molar-refractivity contribution >= 4 is 6.21 Å². The van der Waals surface area contributed by atoms with E-state index in [1.54, 1.807) is 0 Å². The van der Waals surface area contributed by atoms with Crippen LogP contribution in [0, 0.1) is 6.92 Å². The van der Waals surface area contributed by atoms with Crippen LogP contribution in [0.4, 0.5) is 0 Å². The molecule has 0 spiro atoms. The number of benzene rings is 3. The van der Waals surface area contributed by atoms with Crippen molar-refractivity contribution in [3.8, 4) is 11.1 Å². The molecule has 1 heterocycles. The van der Waals surface area contributed by atoms with Crippen LogP contribution in [0.2, 0.25) is 0 Å². The zero-order chi connectivity index (χ0) is 14.9.